The summed E-state index contributed by atoms with van der Waals surface area (Å²) >= 11 is 3.41. The van der Waals surface area contributed by atoms with Crippen LogP contribution < -0.4 is 0 Å². The van der Waals surface area contributed by atoms with E-state index < -0.39 is 0 Å². The summed E-state index contributed by atoms with van der Waals surface area (Å²) in [4.78, 5) is 4.37. The lowest BCUT2D eigenvalue weighted by atomic mass is 10.1. The second kappa shape index (κ2) is 4.14. The molecular weight excluding hydrogens is 254 g/mol. The monoisotopic (exact) mass is 265 g/mol. The van der Waals surface area contributed by atoms with Crippen LogP contribution in [0.5, 0.6) is 0 Å². The fourth-order valence-corrected chi connectivity index (χ4v) is 1.65. The van der Waals surface area contributed by atoms with Gasteiger partial charge in [-0.05, 0) is 24.6 Å². The molecule has 1 aromatic carbocycles. The molecule has 0 aliphatic heterocycles. The maximum absolute atomic E-state index is 4.37. The molecule has 0 saturated carbocycles. The molecule has 15 heavy (non-hydrogen) atoms. The van der Waals surface area contributed by atoms with Crippen molar-refractivity contribution in [3.8, 4) is 0 Å². The number of nitrogens with zero attached hydrogens (tertiary/aromatic N) is 3. The molecule has 0 aliphatic rings. The summed E-state index contributed by atoms with van der Waals surface area (Å²) in [5.41, 5.74) is 1.23. The molecule has 0 aliphatic carbocycles. The van der Waals surface area contributed by atoms with Crippen molar-refractivity contribution >= 4 is 15.9 Å². The second-order valence-electron chi connectivity index (χ2n) is 3.50. The number of halogens is 1. The van der Waals surface area contributed by atoms with Crippen LogP contribution in [0, 0.1) is 6.92 Å². The molecule has 0 amide bonds. The molecule has 0 atom stereocenters. The minimum absolute atomic E-state index is 0.787. The van der Waals surface area contributed by atoms with Crippen LogP contribution in [0.1, 0.15) is 17.2 Å². The molecule has 1 heterocycles. The van der Waals surface area contributed by atoms with Crippen LogP contribution in [0.15, 0.2) is 28.7 Å². The van der Waals surface area contributed by atoms with Crippen molar-refractivity contribution < 1.29 is 0 Å². The van der Waals surface area contributed by atoms with Gasteiger partial charge in [-0.3, -0.25) is 4.68 Å². The third kappa shape index (κ3) is 2.45. The lowest BCUT2D eigenvalue weighted by Crippen LogP contribution is -1.94. The Labute approximate surface area is 97.3 Å². The van der Waals surface area contributed by atoms with Crippen molar-refractivity contribution in [2.75, 3.05) is 0 Å². The van der Waals surface area contributed by atoms with Crippen LogP contribution >= 0.6 is 15.9 Å². The number of aryl methyl sites for hydroxylation is 2. The molecule has 0 spiro atoms. The average Bonchev–Trinajstić information content (AvgIpc) is 2.50. The quantitative estimate of drug-likeness (QED) is 0.836. The zero-order chi connectivity index (χ0) is 10.8. The lowest BCUT2D eigenvalue weighted by molar-refractivity contribution is 0.724. The Kier molecular flexibility index (Phi) is 2.86. The highest BCUT2D eigenvalue weighted by atomic mass is 79.9. The first kappa shape index (κ1) is 10.4. The summed E-state index contributed by atoms with van der Waals surface area (Å²) in [6, 6.07) is 8.22. The van der Waals surface area contributed by atoms with Gasteiger partial charge in [-0.1, -0.05) is 28.1 Å². The third-order valence-electron chi connectivity index (χ3n) is 2.30. The predicted octanol–water partition coefficient (Wildman–Crippen LogP) is 2.48. The van der Waals surface area contributed by atoms with Crippen LogP contribution in [-0.2, 0) is 13.5 Å². The summed E-state index contributed by atoms with van der Waals surface area (Å²) in [5.74, 6) is 1.82. The van der Waals surface area contributed by atoms with Crippen molar-refractivity contribution in [2.24, 2.45) is 7.05 Å². The largest absolute Gasteiger partial charge is 0.253 e. The molecule has 0 saturated heterocycles. The summed E-state index contributed by atoms with van der Waals surface area (Å²) < 4.78 is 2.89. The first-order valence-electron chi connectivity index (χ1n) is 4.76. The predicted molar refractivity (Wildman–Crippen MR) is 62.7 cm³/mol. The normalized spacial score (nSPS) is 10.6. The van der Waals surface area contributed by atoms with Crippen LogP contribution in [0.25, 0.3) is 0 Å². The third-order valence-corrected chi connectivity index (χ3v) is 2.83. The number of aromatic nitrogens is 3. The Bertz CT molecular complexity index is 440. The summed E-state index contributed by atoms with van der Waals surface area (Å²) in [6.45, 7) is 1.96. The number of benzene rings is 1. The topological polar surface area (TPSA) is 30.7 Å². The molecule has 4 heteroatoms. The molecule has 3 nitrogen and oxygen atoms in total. The maximum atomic E-state index is 4.37. The van der Waals surface area contributed by atoms with E-state index in [0.717, 1.165) is 22.5 Å². The molecule has 0 radical (unpaired) electrons. The second-order valence-corrected chi connectivity index (χ2v) is 4.42. The molecule has 0 N–H and O–H groups in total. The van der Waals surface area contributed by atoms with Gasteiger partial charge in [0.2, 0.25) is 0 Å². The smallest absolute Gasteiger partial charge is 0.155 e. The fourth-order valence-electron chi connectivity index (χ4n) is 1.39. The van der Waals surface area contributed by atoms with E-state index in [1.165, 1.54) is 5.56 Å². The first-order valence-corrected chi connectivity index (χ1v) is 5.55. The van der Waals surface area contributed by atoms with Crippen molar-refractivity contribution in [3.63, 3.8) is 0 Å². The van der Waals surface area contributed by atoms with E-state index in [4.69, 9.17) is 0 Å². The molecule has 2 aromatic rings. The molecule has 0 fully saturated rings. The van der Waals surface area contributed by atoms with Crippen molar-refractivity contribution in [1.82, 2.24) is 14.8 Å². The van der Waals surface area contributed by atoms with Gasteiger partial charge in [-0.15, -0.1) is 0 Å². The molecule has 78 valence electrons. The summed E-state index contributed by atoms with van der Waals surface area (Å²) in [5, 5.41) is 4.32. The fraction of sp³-hybridized carbons (Fsp3) is 0.273. The van der Waals surface area contributed by atoms with Gasteiger partial charge >= 0.3 is 0 Å². The molecule has 0 unspecified atom stereocenters. The molecule has 2 rings (SSSR count). The van der Waals surface area contributed by atoms with E-state index in [1.54, 1.807) is 4.68 Å². The Balaban J connectivity index is 2.18. The van der Waals surface area contributed by atoms with E-state index in [0.29, 0.717) is 0 Å². The van der Waals surface area contributed by atoms with Crippen LogP contribution in [-0.4, -0.2) is 14.8 Å². The zero-order valence-corrected chi connectivity index (χ0v) is 10.3. The average molecular weight is 266 g/mol. The van der Waals surface area contributed by atoms with Crippen LogP contribution in [0.4, 0.5) is 0 Å². The highest BCUT2D eigenvalue weighted by Crippen LogP contribution is 2.12. The first-order chi connectivity index (χ1) is 7.15. The van der Waals surface area contributed by atoms with E-state index in [9.17, 15) is 0 Å². The van der Waals surface area contributed by atoms with Crippen molar-refractivity contribution in [3.05, 3.63) is 46.0 Å². The van der Waals surface area contributed by atoms with Gasteiger partial charge < -0.3 is 0 Å². The SMILES string of the molecule is Cc1nc(Cc2ccc(Br)cc2)nn1C. The zero-order valence-electron chi connectivity index (χ0n) is 8.74. The number of hydrogen-bond donors (Lipinski definition) is 0. The summed E-state index contributed by atoms with van der Waals surface area (Å²) in [6.07, 6.45) is 0.787. The Hall–Kier alpha value is -1.16. The van der Waals surface area contributed by atoms with Crippen molar-refractivity contribution in [1.29, 1.82) is 0 Å². The summed E-state index contributed by atoms with van der Waals surface area (Å²) in [7, 11) is 1.91. The van der Waals surface area contributed by atoms with Gasteiger partial charge in [0.1, 0.15) is 5.82 Å². The van der Waals surface area contributed by atoms with Gasteiger partial charge in [0, 0.05) is 17.9 Å². The maximum Gasteiger partial charge on any atom is 0.155 e. The van der Waals surface area contributed by atoms with Crippen molar-refractivity contribution in [2.45, 2.75) is 13.3 Å². The molecule has 1 aromatic heterocycles. The van der Waals surface area contributed by atoms with Gasteiger partial charge in [-0.25, -0.2) is 4.98 Å². The van der Waals surface area contributed by atoms with E-state index >= 15 is 0 Å². The highest BCUT2D eigenvalue weighted by molar-refractivity contribution is 9.10. The van der Waals surface area contributed by atoms with Gasteiger partial charge in [-0.2, -0.15) is 5.10 Å². The minimum atomic E-state index is 0.787. The van der Waals surface area contributed by atoms with Gasteiger partial charge in [0.25, 0.3) is 0 Å². The standard InChI is InChI=1S/C11H12BrN3/c1-8-13-11(14-15(8)2)7-9-3-5-10(12)6-4-9/h3-6H,7H2,1-2H3. The lowest BCUT2D eigenvalue weighted by Gasteiger charge is -1.96. The van der Waals surface area contributed by atoms with Gasteiger partial charge in [0.05, 0.1) is 0 Å². The molecular formula is C11H12BrN3. The van der Waals surface area contributed by atoms with E-state index in [1.807, 2.05) is 26.1 Å². The molecule has 0 bridgehead atoms. The number of rotatable bonds is 2. The van der Waals surface area contributed by atoms with Gasteiger partial charge in [0.15, 0.2) is 5.82 Å². The van der Waals surface area contributed by atoms with E-state index in [2.05, 4.69) is 38.1 Å². The van der Waals surface area contributed by atoms with E-state index in [-0.39, 0.29) is 0 Å². The highest BCUT2D eigenvalue weighted by Gasteiger charge is 2.03. The minimum Gasteiger partial charge on any atom is -0.253 e. The Morgan fingerprint density at radius 3 is 2.47 bits per heavy atom. The van der Waals surface area contributed by atoms with Crippen LogP contribution in [0.3, 0.4) is 0 Å². The Morgan fingerprint density at radius 2 is 1.93 bits per heavy atom. The number of hydrogen-bond acceptors (Lipinski definition) is 2. The Morgan fingerprint density at radius 1 is 1.27 bits per heavy atom. The van der Waals surface area contributed by atoms with Crippen LogP contribution in [0.2, 0.25) is 0 Å².